The van der Waals surface area contributed by atoms with E-state index in [0.717, 1.165) is 7.28 Å². The molecule has 17 heavy (non-hydrogen) atoms. The highest BCUT2D eigenvalue weighted by Gasteiger charge is 2.08. The predicted molar refractivity (Wildman–Crippen MR) is 81.3 cm³/mol. The summed E-state index contributed by atoms with van der Waals surface area (Å²) >= 11 is 0. The fourth-order valence-corrected chi connectivity index (χ4v) is 2.60. The summed E-state index contributed by atoms with van der Waals surface area (Å²) in [6.45, 7) is 2.21. The van der Waals surface area contributed by atoms with Gasteiger partial charge in [-0.15, -0.1) is 0 Å². The first-order chi connectivity index (χ1) is 8.20. The van der Waals surface area contributed by atoms with E-state index in [-0.39, 0.29) is 0 Å². The Morgan fingerprint density at radius 2 is 1.65 bits per heavy atom. The van der Waals surface area contributed by atoms with Gasteiger partial charge in [-0.3, -0.25) is 0 Å². The van der Waals surface area contributed by atoms with Crippen LogP contribution in [0, 0.1) is 0 Å². The molecule has 1 aromatic heterocycles. The molecule has 0 radical (unpaired) electrons. The number of aryl methyl sites for hydroxylation is 1. The van der Waals surface area contributed by atoms with Crippen LogP contribution in [0.3, 0.4) is 0 Å². The fraction of sp³-hybridized carbons (Fsp3) is 0.143. The average Bonchev–Trinajstić information content (AvgIpc) is 2.62. The van der Waals surface area contributed by atoms with Crippen molar-refractivity contribution >= 4 is 47.9 Å². The minimum absolute atomic E-state index is 1.10. The Morgan fingerprint density at radius 3 is 2.35 bits per heavy atom. The third-order valence-corrected chi connectivity index (χ3v) is 3.63. The number of rotatable bonds is 1. The topological polar surface area (TPSA) is 4.93 Å². The molecule has 0 saturated carbocycles. The molecule has 0 atom stereocenters. The minimum Gasteiger partial charge on any atom is -0.344 e. The van der Waals surface area contributed by atoms with Crippen LogP contribution in [0.1, 0.15) is 0 Å². The quantitative estimate of drug-likeness (QED) is 0.531. The van der Waals surface area contributed by atoms with Crippen molar-refractivity contribution in [2.45, 2.75) is 6.82 Å². The number of hydrogen-bond acceptors (Lipinski definition) is 0. The van der Waals surface area contributed by atoms with Crippen LogP contribution in [0.4, 0.5) is 0 Å². The summed E-state index contributed by atoms with van der Waals surface area (Å²) in [5.41, 5.74) is 5.38. The van der Waals surface area contributed by atoms with E-state index in [9.17, 15) is 0 Å². The molecule has 2 aromatic carbocycles. The highest BCUT2D eigenvalue weighted by molar-refractivity contribution is 6.52. The van der Waals surface area contributed by atoms with Crippen molar-refractivity contribution in [2.75, 3.05) is 0 Å². The van der Waals surface area contributed by atoms with Gasteiger partial charge < -0.3 is 4.57 Å². The lowest BCUT2D eigenvalue weighted by molar-refractivity contribution is 1.01. The first kappa shape index (κ1) is 10.5. The van der Waals surface area contributed by atoms with E-state index in [1.54, 1.807) is 0 Å². The normalized spacial score (nSPS) is 11.2. The zero-order valence-electron chi connectivity index (χ0n) is 10.6. The van der Waals surface area contributed by atoms with Crippen molar-refractivity contribution < 1.29 is 0 Å². The third-order valence-electron chi connectivity index (χ3n) is 3.63. The predicted octanol–water partition coefficient (Wildman–Crippen LogP) is 0.700. The molecule has 0 amide bonds. The third kappa shape index (κ3) is 1.49. The molecule has 0 aliphatic rings. The number of fused-ring (bicyclic) bond motifs is 3. The molecule has 0 saturated heterocycles. The molecule has 1 heterocycles. The van der Waals surface area contributed by atoms with E-state index in [0.29, 0.717) is 0 Å². The molecule has 0 unspecified atom stereocenters. The average molecular weight is 219 g/mol. The van der Waals surface area contributed by atoms with Gasteiger partial charge >= 0.3 is 0 Å². The van der Waals surface area contributed by atoms with Gasteiger partial charge in [0.15, 0.2) is 7.28 Å². The molecule has 3 aromatic rings. The second kappa shape index (κ2) is 3.69. The summed E-state index contributed by atoms with van der Waals surface area (Å²) in [5.74, 6) is 0. The summed E-state index contributed by atoms with van der Waals surface area (Å²) < 4.78 is 2.28. The van der Waals surface area contributed by atoms with E-state index in [1.807, 2.05) is 0 Å². The lowest BCUT2D eigenvalue weighted by atomic mass is 9.73. The Morgan fingerprint density at radius 1 is 1.00 bits per heavy atom. The van der Waals surface area contributed by atoms with Gasteiger partial charge in [0.25, 0.3) is 0 Å². The number of aromatic nitrogens is 1. The molecular weight excluding hydrogens is 204 g/mol. The second-order valence-electron chi connectivity index (χ2n) is 4.78. The first-order valence-electron chi connectivity index (χ1n) is 6.18. The van der Waals surface area contributed by atoms with Crippen LogP contribution in [-0.2, 0) is 7.05 Å². The van der Waals surface area contributed by atoms with E-state index in [2.05, 4.69) is 62.7 Å². The van der Waals surface area contributed by atoms with Crippen LogP contribution in [0.15, 0.2) is 36.4 Å². The van der Waals surface area contributed by atoms with E-state index < -0.39 is 0 Å². The molecule has 0 bridgehead atoms. The summed E-state index contributed by atoms with van der Waals surface area (Å²) in [4.78, 5) is 0. The van der Waals surface area contributed by atoms with Crippen LogP contribution in [0.5, 0.6) is 0 Å². The lowest BCUT2D eigenvalue weighted by Gasteiger charge is -1.98. The van der Waals surface area contributed by atoms with E-state index in [4.69, 9.17) is 0 Å². The van der Waals surface area contributed by atoms with Crippen molar-refractivity contribution in [3.63, 3.8) is 0 Å². The van der Waals surface area contributed by atoms with Crippen LogP contribution in [0.2, 0.25) is 6.82 Å². The molecule has 1 nitrogen and oxygen atoms in total. The van der Waals surface area contributed by atoms with Gasteiger partial charge in [0, 0.05) is 28.9 Å². The Labute approximate surface area is 103 Å². The molecule has 0 aliphatic carbocycles. The maximum Gasteiger partial charge on any atom is 0.154 e. The highest BCUT2D eigenvalue weighted by Crippen LogP contribution is 2.26. The molecule has 82 valence electrons. The van der Waals surface area contributed by atoms with Gasteiger partial charge in [0.2, 0.25) is 0 Å². The smallest absolute Gasteiger partial charge is 0.154 e. The van der Waals surface area contributed by atoms with Crippen molar-refractivity contribution in [1.29, 1.82) is 0 Å². The molecular formula is C14H15B2N. The highest BCUT2D eigenvalue weighted by atomic mass is 14.9. The largest absolute Gasteiger partial charge is 0.344 e. The van der Waals surface area contributed by atoms with Crippen LogP contribution < -0.4 is 10.9 Å². The Kier molecular flexibility index (Phi) is 2.29. The minimum atomic E-state index is 1.10. The molecule has 0 fully saturated rings. The Balaban J connectivity index is 2.51. The van der Waals surface area contributed by atoms with Crippen LogP contribution >= 0.6 is 0 Å². The van der Waals surface area contributed by atoms with Gasteiger partial charge in [-0.1, -0.05) is 42.0 Å². The van der Waals surface area contributed by atoms with Gasteiger partial charge in [0.05, 0.1) is 0 Å². The van der Waals surface area contributed by atoms with Gasteiger partial charge in [0.1, 0.15) is 7.85 Å². The van der Waals surface area contributed by atoms with E-state index >= 15 is 0 Å². The molecule has 0 N–H and O–H groups in total. The molecule has 3 rings (SSSR count). The van der Waals surface area contributed by atoms with E-state index in [1.165, 1.54) is 32.7 Å². The fourth-order valence-electron chi connectivity index (χ4n) is 2.60. The van der Waals surface area contributed by atoms with Crippen LogP contribution in [0.25, 0.3) is 21.8 Å². The van der Waals surface area contributed by atoms with Crippen molar-refractivity contribution in [1.82, 2.24) is 4.57 Å². The summed E-state index contributed by atoms with van der Waals surface area (Å²) in [6, 6.07) is 13.5. The Bertz CT molecular complexity index is 713. The zero-order chi connectivity index (χ0) is 12.0. The number of hydrogen-bond donors (Lipinski definition) is 0. The van der Waals surface area contributed by atoms with Crippen molar-refractivity contribution in [3.05, 3.63) is 36.4 Å². The second-order valence-corrected chi connectivity index (χ2v) is 4.78. The molecule has 0 spiro atoms. The van der Waals surface area contributed by atoms with Gasteiger partial charge in [-0.25, -0.2) is 0 Å². The maximum atomic E-state index is 2.33. The summed E-state index contributed by atoms with van der Waals surface area (Å²) in [7, 11) is 5.39. The van der Waals surface area contributed by atoms with Crippen molar-refractivity contribution in [3.8, 4) is 0 Å². The monoisotopic (exact) mass is 219 g/mol. The number of benzene rings is 2. The zero-order valence-corrected chi connectivity index (χ0v) is 10.6. The summed E-state index contributed by atoms with van der Waals surface area (Å²) in [6.07, 6.45) is 0. The van der Waals surface area contributed by atoms with Gasteiger partial charge in [-0.2, -0.15) is 0 Å². The van der Waals surface area contributed by atoms with Crippen LogP contribution in [-0.4, -0.2) is 19.7 Å². The maximum absolute atomic E-state index is 2.33. The summed E-state index contributed by atoms with van der Waals surface area (Å²) in [5, 5.41) is 2.75. The Hall–Kier alpha value is -1.63. The lowest BCUT2D eigenvalue weighted by Crippen LogP contribution is -2.08. The molecule has 0 aliphatic heterocycles. The van der Waals surface area contributed by atoms with Gasteiger partial charge in [-0.05, 0) is 12.1 Å². The standard InChI is InChI=1S/C14H15B2N/c1-16-10-4-6-14-12(8-10)11-7-9(15)3-5-13(11)17(14)2/h3-8,16H,15H2,1-2H3. The number of nitrogens with zero attached hydrogens (tertiary/aromatic N) is 1. The van der Waals surface area contributed by atoms with Crippen molar-refractivity contribution in [2.24, 2.45) is 7.05 Å². The first-order valence-corrected chi connectivity index (χ1v) is 6.18. The SMILES string of the molecule is Bc1ccc2c(c1)c1cc(BC)ccc1n2C. The molecule has 3 heteroatoms.